The summed E-state index contributed by atoms with van der Waals surface area (Å²) in [5.41, 5.74) is 7.67. The molecule has 11 nitrogen and oxygen atoms in total. The molecule has 0 saturated heterocycles. The van der Waals surface area contributed by atoms with Gasteiger partial charge in [-0.3, -0.25) is 9.80 Å². The molecule has 35 heavy (non-hydrogen) atoms. The smallest absolute Gasteiger partial charge is 0.274 e. The Morgan fingerprint density at radius 2 is 2.14 bits per heavy atom. The quantitative estimate of drug-likeness (QED) is 0.580. The third-order valence-electron chi connectivity index (χ3n) is 6.28. The van der Waals surface area contributed by atoms with Gasteiger partial charge in [0.15, 0.2) is 11.6 Å². The summed E-state index contributed by atoms with van der Waals surface area (Å²) in [5.74, 6) is 1.57. The van der Waals surface area contributed by atoms with Gasteiger partial charge in [0.2, 0.25) is 0 Å². The first-order valence-electron chi connectivity index (χ1n) is 11.6. The van der Waals surface area contributed by atoms with E-state index in [1.54, 1.807) is 17.4 Å². The number of amides is 1. The lowest BCUT2D eigenvalue weighted by atomic mass is 10.1. The lowest BCUT2D eigenvalue weighted by Gasteiger charge is -2.18. The third kappa shape index (κ3) is 3.93. The largest absolute Gasteiger partial charge is 0.489 e. The second kappa shape index (κ2) is 8.27. The van der Waals surface area contributed by atoms with E-state index in [0.717, 1.165) is 28.5 Å². The van der Waals surface area contributed by atoms with Crippen molar-refractivity contribution < 1.29 is 11.0 Å². The van der Waals surface area contributed by atoms with Crippen LogP contribution in [0, 0.1) is 0 Å². The Morgan fingerprint density at radius 1 is 1.29 bits per heavy atom. The standard InChI is InChI=1S/C24H27N9O2.H2/c1-30(2)21-12-25-18(11-20(21)32-13-19(26-14-32)15-7-8-15)24(34)27-17-6-4-5-16-22(17)35-10-9-33-23(16)28-31(3)29-33;/h4-6,11-15,29H,7-10H2,1-3H3,(H,27,34);1H. The number of carbonyl (C=O) groups excluding carboxylic acids is 1. The van der Waals surface area contributed by atoms with Crippen LogP contribution < -0.4 is 20.5 Å². The van der Waals surface area contributed by atoms with Crippen molar-refractivity contribution in [2.45, 2.75) is 18.8 Å². The number of aromatic nitrogens is 3. The molecule has 2 aliphatic heterocycles. The molecule has 4 heterocycles. The van der Waals surface area contributed by atoms with Crippen molar-refractivity contribution in [1.29, 1.82) is 0 Å². The highest BCUT2D eigenvalue weighted by molar-refractivity contribution is 6.08. The molecule has 1 saturated carbocycles. The number of para-hydroxylation sites is 1. The molecule has 3 aromatic rings. The van der Waals surface area contributed by atoms with Gasteiger partial charge in [-0.1, -0.05) is 6.07 Å². The molecule has 2 aromatic heterocycles. The van der Waals surface area contributed by atoms with E-state index in [1.807, 2.05) is 66.3 Å². The second-order valence-corrected chi connectivity index (χ2v) is 9.12. The third-order valence-corrected chi connectivity index (χ3v) is 6.28. The minimum atomic E-state index is -0.319. The van der Waals surface area contributed by atoms with Gasteiger partial charge >= 0.3 is 0 Å². The normalized spacial score (nSPS) is 16.7. The number of fused-ring (bicyclic) bond motifs is 3. The predicted octanol–water partition coefficient (Wildman–Crippen LogP) is 2.43. The van der Waals surface area contributed by atoms with Gasteiger partial charge in [-0.2, -0.15) is 0 Å². The number of nitrogens with one attached hydrogen (secondary N) is 2. The lowest BCUT2D eigenvalue weighted by molar-refractivity contribution is 0.102. The summed E-state index contributed by atoms with van der Waals surface area (Å²) in [6.45, 7) is 1.07. The number of rotatable bonds is 5. The number of hydrogen-bond donors (Lipinski definition) is 2. The molecule has 1 aliphatic carbocycles. The Bertz CT molecular complexity index is 1330. The number of benzene rings is 1. The van der Waals surface area contributed by atoms with Crippen LogP contribution in [-0.4, -0.2) is 70.7 Å². The summed E-state index contributed by atoms with van der Waals surface area (Å²) in [6.07, 6.45) is 7.94. The molecule has 0 radical (unpaired) electrons. The number of hydrazine groups is 2. The maximum Gasteiger partial charge on any atom is 0.274 e. The van der Waals surface area contributed by atoms with Gasteiger partial charge in [-0.15, -0.1) is 10.6 Å². The van der Waals surface area contributed by atoms with Gasteiger partial charge < -0.3 is 19.5 Å². The highest BCUT2D eigenvalue weighted by Crippen LogP contribution is 2.39. The molecule has 2 N–H and O–H groups in total. The first-order chi connectivity index (χ1) is 17.0. The average Bonchev–Trinajstić information content (AvgIpc) is 3.50. The number of hydrogen-bond acceptors (Lipinski definition) is 9. The van der Waals surface area contributed by atoms with E-state index in [-0.39, 0.29) is 7.33 Å². The molecule has 1 amide bonds. The predicted molar refractivity (Wildman–Crippen MR) is 134 cm³/mol. The van der Waals surface area contributed by atoms with Crippen LogP contribution in [0.25, 0.3) is 5.69 Å². The van der Waals surface area contributed by atoms with Gasteiger partial charge in [-0.25, -0.2) is 15.1 Å². The molecular formula is C24H29N9O2. The molecule has 182 valence electrons. The first kappa shape index (κ1) is 21.4. The zero-order valence-corrected chi connectivity index (χ0v) is 19.9. The first-order valence-corrected chi connectivity index (χ1v) is 11.6. The summed E-state index contributed by atoms with van der Waals surface area (Å²) in [5, 5.41) is 11.1. The zero-order chi connectivity index (χ0) is 24.1. The average molecular weight is 476 g/mol. The molecule has 6 rings (SSSR count). The molecule has 0 unspecified atom stereocenters. The van der Waals surface area contributed by atoms with Crippen molar-refractivity contribution in [2.24, 2.45) is 5.10 Å². The fourth-order valence-electron chi connectivity index (χ4n) is 4.36. The van der Waals surface area contributed by atoms with Crippen LogP contribution >= 0.6 is 0 Å². The van der Waals surface area contributed by atoms with Gasteiger partial charge in [0, 0.05) is 34.7 Å². The number of ether oxygens (including phenoxy) is 1. The molecule has 1 aromatic carbocycles. The van der Waals surface area contributed by atoms with Gasteiger partial charge in [0.25, 0.3) is 5.91 Å². The van der Waals surface area contributed by atoms with Crippen LogP contribution in [-0.2, 0) is 0 Å². The maximum absolute atomic E-state index is 13.3. The van der Waals surface area contributed by atoms with Crippen LogP contribution in [0.2, 0.25) is 0 Å². The fraction of sp³-hybridized carbons (Fsp3) is 0.333. The van der Waals surface area contributed by atoms with E-state index in [2.05, 4.69) is 25.9 Å². The van der Waals surface area contributed by atoms with Crippen molar-refractivity contribution in [3.05, 3.63) is 59.9 Å². The van der Waals surface area contributed by atoms with Crippen molar-refractivity contribution in [3.63, 3.8) is 0 Å². The van der Waals surface area contributed by atoms with Crippen molar-refractivity contribution in [2.75, 3.05) is 44.5 Å². The van der Waals surface area contributed by atoms with E-state index in [4.69, 9.17) is 4.74 Å². The van der Waals surface area contributed by atoms with Crippen molar-refractivity contribution in [3.8, 4) is 11.4 Å². The minimum Gasteiger partial charge on any atom is -0.489 e. The highest BCUT2D eigenvalue weighted by Gasteiger charge is 2.30. The van der Waals surface area contributed by atoms with Crippen LogP contribution in [0.15, 0.2) is 48.1 Å². The molecular weight excluding hydrogens is 446 g/mol. The number of anilines is 2. The Labute approximate surface area is 204 Å². The zero-order valence-electron chi connectivity index (χ0n) is 19.9. The number of nitrogens with zero attached hydrogens (tertiary/aromatic N) is 7. The van der Waals surface area contributed by atoms with E-state index in [9.17, 15) is 4.79 Å². The van der Waals surface area contributed by atoms with E-state index >= 15 is 0 Å². The monoisotopic (exact) mass is 475 g/mol. The Hall–Kier alpha value is -4.12. The summed E-state index contributed by atoms with van der Waals surface area (Å²) >= 11 is 0. The lowest BCUT2D eigenvalue weighted by Crippen LogP contribution is -2.42. The Balaban J connectivity index is 0.00000267. The Kier molecular flexibility index (Phi) is 5.06. The van der Waals surface area contributed by atoms with E-state index < -0.39 is 0 Å². The van der Waals surface area contributed by atoms with Crippen LogP contribution in [0.5, 0.6) is 5.75 Å². The van der Waals surface area contributed by atoms with E-state index in [1.165, 1.54) is 12.8 Å². The van der Waals surface area contributed by atoms with Crippen molar-refractivity contribution in [1.82, 2.24) is 30.2 Å². The van der Waals surface area contributed by atoms with Crippen molar-refractivity contribution >= 4 is 23.1 Å². The maximum atomic E-state index is 13.3. The molecule has 0 atom stereocenters. The molecule has 3 aliphatic rings. The fourth-order valence-corrected chi connectivity index (χ4v) is 4.36. The van der Waals surface area contributed by atoms with Crippen LogP contribution in [0.4, 0.5) is 11.4 Å². The minimum absolute atomic E-state index is 0. The summed E-state index contributed by atoms with van der Waals surface area (Å²) < 4.78 is 8.00. The molecule has 0 bridgehead atoms. The number of pyridine rings is 1. The molecule has 1 fully saturated rings. The molecule has 11 heteroatoms. The highest BCUT2D eigenvalue weighted by atomic mass is 16.5. The summed E-state index contributed by atoms with van der Waals surface area (Å²) in [6, 6.07) is 7.43. The number of amidine groups is 1. The SMILES string of the molecule is CN1N=C2c3cccc(NC(=O)c4cc(-n5cnc(C6CC6)c5)c(N(C)C)cn4)c3OCCN2N1.[HH]. The van der Waals surface area contributed by atoms with Gasteiger partial charge in [0.1, 0.15) is 12.3 Å². The summed E-state index contributed by atoms with van der Waals surface area (Å²) in [4.78, 5) is 24.3. The molecule has 0 spiro atoms. The topological polar surface area (TPSA) is 103 Å². The second-order valence-electron chi connectivity index (χ2n) is 9.12. The Morgan fingerprint density at radius 3 is 2.94 bits per heavy atom. The van der Waals surface area contributed by atoms with Gasteiger partial charge in [0.05, 0.1) is 47.4 Å². The van der Waals surface area contributed by atoms with Crippen LogP contribution in [0.1, 0.15) is 41.9 Å². The van der Waals surface area contributed by atoms with Gasteiger partial charge in [-0.05, 0) is 31.0 Å². The summed E-state index contributed by atoms with van der Waals surface area (Å²) in [7, 11) is 5.75. The van der Waals surface area contributed by atoms with E-state index in [0.29, 0.717) is 36.2 Å². The number of carbonyl (C=O) groups is 1. The number of imidazole rings is 1. The number of hydrazone groups is 1. The van der Waals surface area contributed by atoms with Crippen LogP contribution in [0.3, 0.4) is 0 Å².